The smallest absolute Gasteiger partial charge is 0.0860 e. The number of aromatic nitrogens is 2. The second-order valence-electron chi connectivity index (χ2n) is 3.15. The van der Waals surface area contributed by atoms with Crippen LogP contribution in [0.4, 0.5) is 0 Å². The van der Waals surface area contributed by atoms with E-state index in [1.54, 1.807) is 10.9 Å². The molecule has 2 rings (SSSR count). The van der Waals surface area contributed by atoms with E-state index in [-0.39, 0.29) is 0 Å². The van der Waals surface area contributed by atoms with Crippen molar-refractivity contribution in [2.75, 3.05) is 0 Å². The first-order valence-electron chi connectivity index (χ1n) is 4.52. The lowest BCUT2D eigenvalue weighted by Gasteiger charge is -2.07. The minimum absolute atomic E-state index is 0.398. The van der Waals surface area contributed by atoms with Gasteiger partial charge in [0.15, 0.2) is 0 Å². The summed E-state index contributed by atoms with van der Waals surface area (Å²) in [6.45, 7) is 0.398. The van der Waals surface area contributed by atoms with Crippen molar-refractivity contribution < 1.29 is 0 Å². The molecular formula is C10H8BrCl2N3. The Morgan fingerprint density at radius 1 is 1.25 bits per heavy atom. The van der Waals surface area contributed by atoms with E-state index in [1.807, 2.05) is 18.2 Å². The average molecular weight is 321 g/mol. The van der Waals surface area contributed by atoms with Crippen LogP contribution in [0.25, 0.3) is 5.69 Å². The summed E-state index contributed by atoms with van der Waals surface area (Å²) < 4.78 is 2.41. The van der Waals surface area contributed by atoms with E-state index >= 15 is 0 Å². The minimum atomic E-state index is 0.398. The highest BCUT2D eigenvalue weighted by molar-refractivity contribution is 9.10. The first-order valence-corrected chi connectivity index (χ1v) is 6.07. The van der Waals surface area contributed by atoms with Crippen molar-refractivity contribution in [2.45, 2.75) is 6.54 Å². The molecule has 0 fully saturated rings. The highest BCUT2D eigenvalue weighted by atomic mass is 79.9. The third-order valence-corrected chi connectivity index (χ3v) is 3.88. The van der Waals surface area contributed by atoms with E-state index in [9.17, 15) is 0 Å². The maximum Gasteiger partial charge on any atom is 0.0860 e. The second kappa shape index (κ2) is 4.75. The van der Waals surface area contributed by atoms with E-state index < -0.39 is 0 Å². The van der Waals surface area contributed by atoms with Crippen LogP contribution < -0.4 is 5.73 Å². The normalized spacial score (nSPS) is 10.8. The Morgan fingerprint density at radius 3 is 2.62 bits per heavy atom. The van der Waals surface area contributed by atoms with Crippen molar-refractivity contribution in [1.82, 2.24) is 9.78 Å². The second-order valence-corrected chi connectivity index (χ2v) is 4.76. The van der Waals surface area contributed by atoms with Crippen LogP contribution >= 0.6 is 39.1 Å². The van der Waals surface area contributed by atoms with Gasteiger partial charge in [-0.3, -0.25) is 0 Å². The van der Waals surface area contributed by atoms with Crippen molar-refractivity contribution in [3.63, 3.8) is 0 Å². The van der Waals surface area contributed by atoms with Crippen LogP contribution in [0.3, 0.4) is 0 Å². The van der Waals surface area contributed by atoms with Crippen LogP contribution in [-0.4, -0.2) is 9.78 Å². The molecule has 1 aromatic carbocycles. The van der Waals surface area contributed by atoms with Crippen LogP contribution in [0.5, 0.6) is 0 Å². The molecule has 0 aliphatic heterocycles. The number of halogens is 3. The third-order valence-electron chi connectivity index (χ3n) is 2.12. The summed E-state index contributed by atoms with van der Waals surface area (Å²) in [7, 11) is 0. The van der Waals surface area contributed by atoms with Crippen molar-refractivity contribution in [3.8, 4) is 5.69 Å². The SMILES string of the molecule is NCc1ccn(-c2ccc(Br)c(Cl)c2Cl)n1. The molecule has 1 aromatic heterocycles. The van der Waals surface area contributed by atoms with Gasteiger partial charge in [-0.05, 0) is 34.1 Å². The fourth-order valence-electron chi connectivity index (χ4n) is 1.30. The zero-order valence-electron chi connectivity index (χ0n) is 8.12. The van der Waals surface area contributed by atoms with Crippen LogP contribution in [0.1, 0.15) is 5.69 Å². The molecule has 6 heteroatoms. The molecule has 0 atom stereocenters. The molecule has 0 saturated carbocycles. The molecule has 0 radical (unpaired) electrons. The molecule has 0 unspecified atom stereocenters. The molecule has 0 bridgehead atoms. The topological polar surface area (TPSA) is 43.8 Å². The summed E-state index contributed by atoms with van der Waals surface area (Å²) in [6, 6.07) is 5.51. The summed E-state index contributed by atoms with van der Waals surface area (Å²) in [6.07, 6.45) is 1.80. The lowest BCUT2D eigenvalue weighted by atomic mass is 10.3. The molecule has 1 heterocycles. The van der Waals surface area contributed by atoms with Gasteiger partial charge in [0.05, 0.1) is 21.4 Å². The highest BCUT2D eigenvalue weighted by Gasteiger charge is 2.10. The third kappa shape index (κ3) is 2.11. The predicted octanol–water partition coefficient (Wildman–Crippen LogP) is 3.40. The molecule has 84 valence electrons. The van der Waals surface area contributed by atoms with Gasteiger partial charge in [0, 0.05) is 17.2 Å². The molecule has 0 aliphatic carbocycles. The van der Waals surface area contributed by atoms with Crippen LogP contribution in [-0.2, 0) is 6.54 Å². The van der Waals surface area contributed by atoms with Crippen LogP contribution in [0.2, 0.25) is 10.0 Å². The van der Waals surface area contributed by atoms with Crippen molar-refractivity contribution in [3.05, 3.63) is 44.6 Å². The Morgan fingerprint density at radius 2 is 2.00 bits per heavy atom. The first kappa shape index (κ1) is 11.9. The van der Waals surface area contributed by atoms with Gasteiger partial charge >= 0.3 is 0 Å². The highest BCUT2D eigenvalue weighted by Crippen LogP contribution is 2.34. The van der Waals surface area contributed by atoms with Crippen LogP contribution in [0, 0.1) is 0 Å². The molecule has 2 N–H and O–H groups in total. The van der Waals surface area contributed by atoms with E-state index in [0.717, 1.165) is 15.9 Å². The number of hydrogen-bond acceptors (Lipinski definition) is 2. The standard InChI is InChI=1S/C10H8BrCl2N3/c11-7-1-2-8(10(13)9(7)12)16-4-3-6(5-14)15-16/h1-4H,5,14H2. The molecule has 16 heavy (non-hydrogen) atoms. The quantitative estimate of drug-likeness (QED) is 0.862. The maximum absolute atomic E-state index is 6.13. The fraction of sp³-hybridized carbons (Fsp3) is 0.100. The van der Waals surface area contributed by atoms with Crippen molar-refractivity contribution in [1.29, 1.82) is 0 Å². The average Bonchev–Trinajstić information content (AvgIpc) is 2.74. The lowest BCUT2D eigenvalue weighted by Crippen LogP contribution is -2.01. The largest absolute Gasteiger partial charge is 0.325 e. The molecule has 3 nitrogen and oxygen atoms in total. The predicted molar refractivity (Wildman–Crippen MR) is 69.2 cm³/mol. The van der Waals surface area contributed by atoms with Gasteiger partial charge in [-0.2, -0.15) is 5.10 Å². The summed E-state index contributed by atoms with van der Waals surface area (Å²) in [5.74, 6) is 0. The van der Waals surface area contributed by atoms with E-state index in [4.69, 9.17) is 28.9 Å². The van der Waals surface area contributed by atoms with Gasteiger partial charge in [-0.1, -0.05) is 23.2 Å². The van der Waals surface area contributed by atoms with Crippen molar-refractivity contribution >= 4 is 39.1 Å². The summed E-state index contributed by atoms with van der Waals surface area (Å²) in [4.78, 5) is 0. The Hall–Kier alpha value is -0.550. The maximum atomic E-state index is 6.13. The number of benzene rings is 1. The van der Waals surface area contributed by atoms with E-state index in [2.05, 4.69) is 21.0 Å². The van der Waals surface area contributed by atoms with Gasteiger partial charge in [0.2, 0.25) is 0 Å². The number of hydrogen-bond donors (Lipinski definition) is 1. The molecule has 0 amide bonds. The van der Waals surface area contributed by atoms with Crippen molar-refractivity contribution in [2.24, 2.45) is 5.73 Å². The molecule has 0 aliphatic rings. The fourth-order valence-corrected chi connectivity index (χ4v) is 2.15. The monoisotopic (exact) mass is 319 g/mol. The zero-order valence-corrected chi connectivity index (χ0v) is 11.2. The number of nitrogens with two attached hydrogens (primary N) is 1. The summed E-state index contributed by atoms with van der Waals surface area (Å²) >= 11 is 15.5. The Bertz CT molecular complexity index is 525. The first-order chi connectivity index (χ1) is 7.63. The summed E-state index contributed by atoms with van der Waals surface area (Å²) in [5, 5.41) is 5.20. The van der Waals surface area contributed by atoms with Gasteiger partial charge < -0.3 is 5.73 Å². The molecule has 2 aromatic rings. The van der Waals surface area contributed by atoms with Crippen LogP contribution in [0.15, 0.2) is 28.9 Å². The zero-order chi connectivity index (χ0) is 11.7. The molecule has 0 saturated heterocycles. The molecule has 0 spiro atoms. The van der Waals surface area contributed by atoms with Gasteiger partial charge in [-0.15, -0.1) is 0 Å². The number of rotatable bonds is 2. The summed E-state index contributed by atoms with van der Waals surface area (Å²) in [5.41, 5.74) is 7.02. The Balaban J connectivity index is 2.52. The Kier molecular flexibility index (Phi) is 3.54. The van der Waals surface area contributed by atoms with Gasteiger partial charge in [0.25, 0.3) is 0 Å². The number of nitrogens with zero attached hydrogens (tertiary/aromatic N) is 2. The molecular weight excluding hydrogens is 313 g/mol. The lowest BCUT2D eigenvalue weighted by molar-refractivity contribution is 0.833. The van der Waals surface area contributed by atoms with Gasteiger partial charge in [-0.25, -0.2) is 4.68 Å². The minimum Gasteiger partial charge on any atom is -0.325 e. The van der Waals surface area contributed by atoms with Gasteiger partial charge in [0.1, 0.15) is 0 Å². The van der Waals surface area contributed by atoms with E-state index in [1.165, 1.54) is 0 Å². The Labute approximate surface area is 111 Å². The van der Waals surface area contributed by atoms with E-state index in [0.29, 0.717) is 16.6 Å².